The van der Waals surface area contributed by atoms with E-state index in [1.807, 2.05) is 0 Å². The zero-order valence-electron chi connectivity index (χ0n) is 14.2. The fourth-order valence-electron chi connectivity index (χ4n) is 2.42. The largest absolute Gasteiger partial charge is 0.322 e. The van der Waals surface area contributed by atoms with Crippen molar-refractivity contribution in [1.82, 2.24) is 4.72 Å². The van der Waals surface area contributed by atoms with Gasteiger partial charge in [0.15, 0.2) is 0 Å². The number of amides is 1. The van der Waals surface area contributed by atoms with Gasteiger partial charge in [-0.2, -0.15) is 0 Å². The Morgan fingerprint density at radius 3 is 2.56 bits per heavy atom. The van der Waals surface area contributed by atoms with Crippen LogP contribution in [-0.2, 0) is 10.0 Å². The molecular weight excluding hydrogens is 377 g/mol. The molecule has 2 N–H and O–H groups in total. The van der Waals surface area contributed by atoms with E-state index >= 15 is 0 Å². The lowest BCUT2D eigenvalue weighted by Gasteiger charge is -2.10. The van der Waals surface area contributed by atoms with E-state index in [0.717, 1.165) is 18.2 Å². The van der Waals surface area contributed by atoms with Crippen LogP contribution < -0.4 is 10.0 Å². The Balaban J connectivity index is 1.86. The monoisotopic (exact) mass is 393 g/mol. The Hall–Kier alpha value is -2.85. The second-order valence-corrected chi connectivity index (χ2v) is 7.94. The van der Waals surface area contributed by atoms with Gasteiger partial charge in [-0.3, -0.25) is 14.9 Å². The number of halogens is 1. The Morgan fingerprint density at radius 2 is 1.93 bits per heavy atom. The number of sulfonamides is 1. The molecule has 0 aliphatic heterocycles. The Labute approximate surface area is 154 Å². The molecule has 0 heterocycles. The van der Waals surface area contributed by atoms with E-state index in [-0.39, 0.29) is 23.0 Å². The molecule has 3 rings (SSSR count). The highest BCUT2D eigenvalue weighted by Crippen LogP contribution is 2.25. The molecule has 1 aliphatic carbocycles. The first-order valence-corrected chi connectivity index (χ1v) is 9.54. The van der Waals surface area contributed by atoms with Crippen LogP contribution in [0.15, 0.2) is 41.3 Å². The maximum absolute atomic E-state index is 14.0. The van der Waals surface area contributed by atoms with Gasteiger partial charge < -0.3 is 5.32 Å². The van der Waals surface area contributed by atoms with Crippen molar-refractivity contribution in [3.8, 4) is 0 Å². The quantitative estimate of drug-likeness (QED) is 0.578. The van der Waals surface area contributed by atoms with E-state index in [2.05, 4.69) is 10.0 Å². The second-order valence-electron chi connectivity index (χ2n) is 6.25. The third-order valence-corrected chi connectivity index (χ3v) is 5.58. The zero-order valence-corrected chi connectivity index (χ0v) is 15.0. The molecule has 2 aromatic rings. The van der Waals surface area contributed by atoms with E-state index < -0.39 is 31.6 Å². The summed E-state index contributed by atoms with van der Waals surface area (Å²) < 4.78 is 40.8. The molecule has 0 spiro atoms. The molecule has 1 saturated carbocycles. The number of anilines is 1. The van der Waals surface area contributed by atoms with Crippen molar-refractivity contribution >= 4 is 27.3 Å². The van der Waals surface area contributed by atoms with Crippen LogP contribution in [0.2, 0.25) is 0 Å². The lowest BCUT2D eigenvalue weighted by molar-refractivity contribution is -0.385. The normalized spacial score (nSPS) is 14.0. The first kappa shape index (κ1) is 18.9. The summed E-state index contributed by atoms with van der Waals surface area (Å²) in [6.45, 7) is 1.56. The number of nitro benzene ring substituents is 1. The molecule has 0 radical (unpaired) electrons. The summed E-state index contributed by atoms with van der Waals surface area (Å²) in [4.78, 5) is 22.2. The van der Waals surface area contributed by atoms with Gasteiger partial charge in [0.05, 0.1) is 4.92 Å². The second kappa shape index (κ2) is 7.05. The van der Waals surface area contributed by atoms with Crippen LogP contribution in [0.4, 0.5) is 15.8 Å². The summed E-state index contributed by atoms with van der Waals surface area (Å²) in [5.74, 6) is -1.68. The predicted octanol–water partition coefficient (Wildman–Crippen LogP) is 2.74. The van der Waals surface area contributed by atoms with Gasteiger partial charge in [-0.25, -0.2) is 17.5 Å². The number of aryl methyl sites for hydroxylation is 1. The topological polar surface area (TPSA) is 118 Å². The summed E-state index contributed by atoms with van der Waals surface area (Å²) in [7, 11) is -4.07. The van der Waals surface area contributed by atoms with Crippen molar-refractivity contribution in [2.75, 3.05) is 5.32 Å². The van der Waals surface area contributed by atoms with Gasteiger partial charge in [-0.15, -0.1) is 0 Å². The van der Waals surface area contributed by atoms with Crippen molar-refractivity contribution in [3.05, 3.63) is 63.5 Å². The number of carbonyl (C=O) groups excluding carboxylic acids is 1. The van der Waals surface area contributed by atoms with Gasteiger partial charge in [0.2, 0.25) is 10.0 Å². The molecular formula is C17H16FN3O5S. The van der Waals surface area contributed by atoms with Crippen LogP contribution in [0.1, 0.15) is 28.8 Å². The first-order chi connectivity index (χ1) is 12.7. The fourth-order valence-corrected chi connectivity index (χ4v) is 3.83. The van der Waals surface area contributed by atoms with Gasteiger partial charge >= 0.3 is 0 Å². The molecule has 8 nitrogen and oxygen atoms in total. The third kappa shape index (κ3) is 4.29. The molecule has 0 unspecified atom stereocenters. The summed E-state index contributed by atoms with van der Waals surface area (Å²) in [6.07, 6.45) is 1.38. The fraction of sp³-hybridized carbons (Fsp3) is 0.235. The number of benzene rings is 2. The molecule has 1 fully saturated rings. The number of hydrogen-bond donors (Lipinski definition) is 2. The van der Waals surface area contributed by atoms with Gasteiger partial charge in [0, 0.05) is 28.9 Å². The lowest BCUT2D eigenvalue weighted by atomic mass is 10.1. The van der Waals surface area contributed by atoms with Crippen molar-refractivity contribution in [3.63, 3.8) is 0 Å². The third-order valence-electron chi connectivity index (χ3n) is 4.05. The average molecular weight is 393 g/mol. The standard InChI is InChI=1S/C17H16FN3O5S/c1-10-2-4-13(9-15(10)21(23)24)19-17(22)11-3-7-14(18)16(8-11)27(25,26)20-12-5-6-12/h2-4,7-9,12,20H,5-6H2,1H3,(H,19,22). The molecule has 1 aliphatic rings. The molecule has 0 saturated heterocycles. The summed E-state index contributed by atoms with van der Waals surface area (Å²) in [5, 5.41) is 13.4. The van der Waals surface area contributed by atoms with Crippen molar-refractivity contribution in [1.29, 1.82) is 0 Å². The lowest BCUT2D eigenvalue weighted by Crippen LogP contribution is -2.27. The zero-order chi connectivity index (χ0) is 19.8. The molecule has 0 bridgehead atoms. The van der Waals surface area contributed by atoms with Crippen LogP contribution in [0, 0.1) is 22.9 Å². The van der Waals surface area contributed by atoms with Gasteiger partial charge in [0.25, 0.3) is 11.6 Å². The minimum absolute atomic E-state index is 0.0872. The maximum Gasteiger partial charge on any atom is 0.274 e. The summed E-state index contributed by atoms with van der Waals surface area (Å²) in [6, 6.07) is 6.93. The maximum atomic E-state index is 14.0. The van der Waals surface area contributed by atoms with Crippen molar-refractivity contribution < 1.29 is 22.5 Å². The molecule has 27 heavy (non-hydrogen) atoms. The number of hydrogen-bond acceptors (Lipinski definition) is 5. The summed E-state index contributed by atoms with van der Waals surface area (Å²) in [5.41, 5.74) is 0.348. The van der Waals surface area contributed by atoms with Crippen LogP contribution in [0.3, 0.4) is 0 Å². The molecule has 142 valence electrons. The van der Waals surface area contributed by atoms with E-state index in [9.17, 15) is 27.7 Å². The number of carbonyl (C=O) groups is 1. The number of nitrogens with one attached hydrogen (secondary N) is 2. The SMILES string of the molecule is Cc1ccc(NC(=O)c2ccc(F)c(S(=O)(=O)NC3CC3)c2)cc1[N+](=O)[O-]. The Bertz CT molecular complexity index is 1030. The Morgan fingerprint density at radius 1 is 1.22 bits per heavy atom. The number of nitro groups is 1. The average Bonchev–Trinajstić information content (AvgIpc) is 3.39. The highest BCUT2D eigenvalue weighted by molar-refractivity contribution is 7.89. The summed E-state index contributed by atoms with van der Waals surface area (Å²) >= 11 is 0. The molecule has 1 amide bonds. The van der Waals surface area contributed by atoms with E-state index in [0.29, 0.717) is 18.4 Å². The van der Waals surface area contributed by atoms with Gasteiger partial charge in [-0.05, 0) is 44.0 Å². The van der Waals surface area contributed by atoms with Crippen LogP contribution >= 0.6 is 0 Å². The number of nitrogens with zero attached hydrogens (tertiary/aromatic N) is 1. The first-order valence-electron chi connectivity index (χ1n) is 8.05. The minimum Gasteiger partial charge on any atom is -0.322 e. The van der Waals surface area contributed by atoms with Gasteiger partial charge in [-0.1, -0.05) is 6.07 Å². The highest BCUT2D eigenvalue weighted by atomic mass is 32.2. The highest BCUT2D eigenvalue weighted by Gasteiger charge is 2.30. The van der Waals surface area contributed by atoms with Gasteiger partial charge in [0.1, 0.15) is 10.7 Å². The van der Waals surface area contributed by atoms with Crippen molar-refractivity contribution in [2.45, 2.75) is 30.7 Å². The molecule has 0 atom stereocenters. The van der Waals surface area contributed by atoms with E-state index in [1.165, 1.54) is 18.2 Å². The van der Waals surface area contributed by atoms with Crippen LogP contribution in [0.25, 0.3) is 0 Å². The Kier molecular flexibility index (Phi) is 4.94. The van der Waals surface area contributed by atoms with Crippen LogP contribution in [-0.4, -0.2) is 25.3 Å². The smallest absolute Gasteiger partial charge is 0.274 e. The molecule has 2 aromatic carbocycles. The van der Waals surface area contributed by atoms with Crippen LogP contribution in [0.5, 0.6) is 0 Å². The molecule has 0 aromatic heterocycles. The number of rotatable bonds is 6. The van der Waals surface area contributed by atoms with Crippen molar-refractivity contribution in [2.24, 2.45) is 0 Å². The van der Waals surface area contributed by atoms with E-state index in [4.69, 9.17) is 0 Å². The minimum atomic E-state index is -4.07. The molecule has 10 heteroatoms. The van der Waals surface area contributed by atoms with E-state index in [1.54, 1.807) is 6.92 Å². The predicted molar refractivity (Wildman–Crippen MR) is 95.5 cm³/mol.